The van der Waals surface area contributed by atoms with Crippen molar-refractivity contribution >= 4 is 5.91 Å². The predicted octanol–water partition coefficient (Wildman–Crippen LogP) is 1.87. The summed E-state index contributed by atoms with van der Waals surface area (Å²) >= 11 is 0. The van der Waals surface area contributed by atoms with E-state index < -0.39 is 0 Å². The Bertz CT molecular complexity index is 683. The number of hydrogen-bond acceptors (Lipinski definition) is 4. The first-order valence-electron chi connectivity index (χ1n) is 7.69. The van der Waals surface area contributed by atoms with E-state index in [0.717, 1.165) is 22.8 Å². The zero-order valence-electron chi connectivity index (χ0n) is 13.4. The lowest BCUT2D eigenvalue weighted by atomic mass is 10.1. The predicted molar refractivity (Wildman–Crippen MR) is 85.3 cm³/mol. The highest BCUT2D eigenvalue weighted by atomic mass is 16.5. The first-order valence-corrected chi connectivity index (χ1v) is 7.69. The van der Waals surface area contributed by atoms with Gasteiger partial charge in [-0.3, -0.25) is 4.79 Å². The van der Waals surface area contributed by atoms with E-state index in [4.69, 9.17) is 9.47 Å². The summed E-state index contributed by atoms with van der Waals surface area (Å²) in [5.74, 6) is 1.56. The molecule has 1 unspecified atom stereocenters. The quantitative estimate of drug-likeness (QED) is 0.935. The smallest absolute Gasteiger partial charge is 0.227 e. The summed E-state index contributed by atoms with van der Waals surface area (Å²) in [5, 5.41) is 0. The van der Waals surface area contributed by atoms with Crippen LogP contribution in [-0.4, -0.2) is 47.6 Å². The van der Waals surface area contributed by atoms with Crippen molar-refractivity contribution in [2.75, 3.05) is 26.9 Å². The molecule has 1 aliphatic rings. The summed E-state index contributed by atoms with van der Waals surface area (Å²) in [6.07, 6.45) is 2.08. The number of nitrogens with zero attached hydrogens (tertiary/aromatic N) is 2. The number of imidazole rings is 1. The van der Waals surface area contributed by atoms with Gasteiger partial charge in [0, 0.05) is 24.0 Å². The molecule has 1 aromatic carbocycles. The number of carbonyl (C=O) groups excluding carboxylic acids is 1. The lowest BCUT2D eigenvalue weighted by Gasteiger charge is -2.34. The highest BCUT2D eigenvalue weighted by Gasteiger charge is 2.30. The Morgan fingerprint density at radius 2 is 2.30 bits per heavy atom. The zero-order valence-corrected chi connectivity index (χ0v) is 13.4. The second-order valence-electron chi connectivity index (χ2n) is 5.62. The average Bonchev–Trinajstić information content (AvgIpc) is 3.01. The van der Waals surface area contributed by atoms with Crippen LogP contribution in [-0.2, 0) is 16.0 Å². The molecule has 1 aromatic heterocycles. The van der Waals surface area contributed by atoms with Crippen LogP contribution in [0.5, 0.6) is 5.75 Å². The molecule has 0 bridgehead atoms. The third-order valence-corrected chi connectivity index (χ3v) is 4.02. The number of morpholine rings is 1. The van der Waals surface area contributed by atoms with Gasteiger partial charge in [0.2, 0.25) is 5.91 Å². The summed E-state index contributed by atoms with van der Waals surface area (Å²) in [4.78, 5) is 22.2. The fourth-order valence-electron chi connectivity index (χ4n) is 2.84. The van der Waals surface area contributed by atoms with Crippen LogP contribution in [0.4, 0.5) is 0 Å². The minimum atomic E-state index is -0.167. The first-order chi connectivity index (χ1) is 11.2. The van der Waals surface area contributed by atoms with Gasteiger partial charge in [0.05, 0.1) is 26.7 Å². The Labute approximate surface area is 135 Å². The molecule has 1 N–H and O–H groups in total. The molecule has 0 radical (unpaired) electrons. The van der Waals surface area contributed by atoms with Gasteiger partial charge in [0.1, 0.15) is 17.6 Å². The number of rotatable bonds is 4. The van der Waals surface area contributed by atoms with Crippen molar-refractivity contribution < 1.29 is 14.3 Å². The van der Waals surface area contributed by atoms with Crippen molar-refractivity contribution in [2.45, 2.75) is 19.4 Å². The van der Waals surface area contributed by atoms with Crippen molar-refractivity contribution in [1.29, 1.82) is 0 Å². The van der Waals surface area contributed by atoms with Gasteiger partial charge in [-0.15, -0.1) is 0 Å². The fraction of sp³-hybridized carbons (Fsp3) is 0.412. The number of carbonyl (C=O) groups is 1. The Kier molecular flexibility index (Phi) is 4.62. The number of aromatic nitrogens is 2. The number of benzene rings is 1. The van der Waals surface area contributed by atoms with Crippen LogP contribution in [0.2, 0.25) is 0 Å². The van der Waals surface area contributed by atoms with E-state index >= 15 is 0 Å². The van der Waals surface area contributed by atoms with Crippen LogP contribution in [0.1, 0.15) is 23.1 Å². The van der Waals surface area contributed by atoms with Gasteiger partial charge < -0.3 is 19.4 Å². The fourth-order valence-corrected chi connectivity index (χ4v) is 2.84. The maximum Gasteiger partial charge on any atom is 0.227 e. The molecule has 1 atom stereocenters. The van der Waals surface area contributed by atoms with E-state index in [1.165, 1.54) is 0 Å². The van der Waals surface area contributed by atoms with Crippen LogP contribution < -0.4 is 4.74 Å². The number of aromatic amines is 1. The molecule has 1 aliphatic heterocycles. The van der Waals surface area contributed by atoms with Crippen molar-refractivity contribution in [1.82, 2.24) is 14.9 Å². The highest BCUT2D eigenvalue weighted by molar-refractivity contribution is 5.80. The van der Waals surface area contributed by atoms with E-state index in [-0.39, 0.29) is 11.9 Å². The molecule has 6 heteroatoms. The summed E-state index contributed by atoms with van der Waals surface area (Å²) in [6.45, 7) is 3.53. The average molecular weight is 315 g/mol. The minimum absolute atomic E-state index is 0.0526. The van der Waals surface area contributed by atoms with Crippen LogP contribution >= 0.6 is 0 Å². The number of hydrogen-bond donors (Lipinski definition) is 1. The number of methoxy groups -OCH3 is 1. The minimum Gasteiger partial charge on any atom is -0.496 e. The molecule has 3 rings (SSSR count). The van der Waals surface area contributed by atoms with Crippen LogP contribution in [0.15, 0.2) is 30.5 Å². The zero-order chi connectivity index (χ0) is 16.2. The van der Waals surface area contributed by atoms with Gasteiger partial charge in [0.15, 0.2) is 0 Å². The topological polar surface area (TPSA) is 67.4 Å². The van der Waals surface area contributed by atoms with E-state index in [1.54, 1.807) is 13.3 Å². The number of para-hydroxylation sites is 1. The van der Waals surface area contributed by atoms with Crippen LogP contribution in [0, 0.1) is 6.92 Å². The van der Waals surface area contributed by atoms with Crippen molar-refractivity contribution in [3.05, 3.63) is 47.5 Å². The molecule has 0 saturated carbocycles. The van der Waals surface area contributed by atoms with Crippen LogP contribution in [0.25, 0.3) is 0 Å². The Balaban J connectivity index is 1.79. The van der Waals surface area contributed by atoms with Gasteiger partial charge in [-0.05, 0) is 13.0 Å². The van der Waals surface area contributed by atoms with Gasteiger partial charge in [0.25, 0.3) is 0 Å². The molecule has 0 spiro atoms. The van der Waals surface area contributed by atoms with E-state index in [9.17, 15) is 4.79 Å². The van der Waals surface area contributed by atoms with Crippen molar-refractivity contribution in [3.8, 4) is 5.75 Å². The standard InChI is InChI=1S/C17H21N3O3/c1-12-10-18-17(19-12)14-11-23-8-7-20(14)16(21)9-13-5-3-4-6-15(13)22-2/h3-6,10,14H,7-9,11H2,1-2H3,(H,18,19). The molecule has 0 aliphatic carbocycles. The van der Waals surface area contributed by atoms with E-state index in [2.05, 4.69) is 9.97 Å². The Hall–Kier alpha value is -2.34. The molecule has 1 amide bonds. The molecule has 1 fully saturated rings. The van der Waals surface area contributed by atoms with E-state index in [1.807, 2.05) is 36.1 Å². The number of nitrogens with one attached hydrogen (secondary N) is 1. The molecule has 122 valence electrons. The highest BCUT2D eigenvalue weighted by Crippen LogP contribution is 2.25. The Morgan fingerprint density at radius 1 is 1.48 bits per heavy atom. The SMILES string of the molecule is COc1ccccc1CC(=O)N1CCOCC1c1ncc(C)[nH]1. The molecule has 23 heavy (non-hydrogen) atoms. The molecule has 2 aromatic rings. The van der Waals surface area contributed by atoms with Gasteiger partial charge in [-0.2, -0.15) is 0 Å². The summed E-state index contributed by atoms with van der Waals surface area (Å²) in [7, 11) is 1.62. The van der Waals surface area contributed by atoms with E-state index in [0.29, 0.717) is 26.2 Å². The van der Waals surface area contributed by atoms with Gasteiger partial charge in [-0.1, -0.05) is 18.2 Å². The molecule has 1 saturated heterocycles. The normalized spacial score (nSPS) is 18.0. The number of H-pyrrole nitrogens is 1. The third kappa shape index (κ3) is 3.37. The summed E-state index contributed by atoms with van der Waals surface area (Å²) in [5.41, 5.74) is 1.86. The van der Waals surface area contributed by atoms with Crippen molar-refractivity contribution in [2.24, 2.45) is 0 Å². The first kappa shape index (κ1) is 15.6. The van der Waals surface area contributed by atoms with Crippen molar-refractivity contribution in [3.63, 3.8) is 0 Å². The molecular formula is C17H21N3O3. The van der Waals surface area contributed by atoms with Gasteiger partial charge in [-0.25, -0.2) is 4.98 Å². The number of aryl methyl sites for hydroxylation is 1. The molecular weight excluding hydrogens is 294 g/mol. The second-order valence-corrected chi connectivity index (χ2v) is 5.62. The maximum absolute atomic E-state index is 12.8. The number of amides is 1. The lowest BCUT2D eigenvalue weighted by Crippen LogP contribution is -2.44. The van der Waals surface area contributed by atoms with Crippen LogP contribution in [0.3, 0.4) is 0 Å². The second kappa shape index (κ2) is 6.83. The summed E-state index contributed by atoms with van der Waals surface area (Å²) < 4.78 is 10.9. The molecule has 2 heterocycles. The maximum atomic E-state index is 12.8. The van der Waals surface area contributed by atoms with Gasteiger partial charge >= 0.3 is 0 Å². The largest absolute Gasteiger partial charge is 0.496 e. The number of ether oxygens (including phenoxy) is 2. The lowest BCUT2D eigenvalue weighted by molar-refractivity contribution is -0.139. The molecule has 6 nitrogen and oxygen atoms in total. The third-order valence-electron chi connectivity index (χ3n) is 4.02. The monoisotopic (exact) mass is 315 g/mol. The summed E-state index contributed by atoms with van der Waals surface area (Å²) in [6, 6.07) is 7.44. The Morgan fingerprint density at radius 3 is 3.04 bits per heavy atom.